The lowest BCUT2D eigenvalue weighted by Crippen LogP contribution is -2.55. The third-order valence-electron chi connectivity index (χ3n) is 5.87. The first-order valence-corrected chi connectivity index (χ1v) is 11.4. The Labute approximate surface area is 182 Å². The van der Waals surface area contributed by atoms with Gasteiger partial charge in [-0.15, -0.1) is 0 Å². The van der Waals surface area contributed by atoms with Crippen molar-refractivity contribution in [1.29, 1.82) is 0 Å². The maximum atomic E-state index is 13.6. The van der Waals surface area contributed by atoms with Crippen LogP contribution in [0.1, 0.15) is 18.4 Å². The van der Waals surface area contributed by atoms with Gasteiger partial charge in [0, 0.05) is 38.2 Å². The summed E-state index contributed by atoms with van der Waals surface area (Å²) in [5, 5.41) is 2.85. The number of piperidine rings is 1. The molecule has 0 saturated carbocycles. The van der Waals surface area contributed by atoms with Crippen LogP contribution in [0.15, 0.2) is 48.5 Å². The molecule has 0 aromatic heterocycles. The van der Waals surface area contributed by atoms with Gasteiger partial charge in [0.25, 0.3) is 0 Å². The topological polar surface area (TPSA) is 79.0 Å². The molecule has 31 heavy (non-hydrogen) atoms. The molecule has 2 saturated heterocycles. The van der Waals surface area contributed by atoms with Crippen LogP contribution < -0.4 is 10.1 Å². The highest BCUT2D eigenvalue weighted by atomic mass is 32.2. The Balaban J connectivity index is 1.43. The maximum Gasteiger partial charge on any atom is 0.321 e. The van der Waals surface area contributed by atoms with E-state index in [1.165, 1.54) is 12.1 Å². The van der Waals surface area contributed by atoms with Crippen LogP contribution in [-0.2, 0) is 22.1 Å². The van der Waals surface area contributed by atoms with Crippen molar-refractivity contribution < 1.29 is 22.9 Å². The number of nitrogens with zero attached hydrogens (tertiary/aromatic N) is 2. The predicted octanol–water partition coefficient (Wildman–Crippen LogP) is 2.95. The number of carbonyl (C=O) groups excluding carboxylic acids is 2. The number of methoxy groups -OCH3 is 1. The Bertz CT molecular complexity index is 1010. The summed E-state index contributed by atoms with van der Waals surface area (Å²) in [4.78, 5) is 27.7. The molecule has 9 heteroatoms. The van der Waals surface area contributed by atoms with E-state index in [2.05, 4.69) is 5.32 Å². The fraction of sp³-hybridized carbons (Fsp3) is 0.364. The second-order valence-electron chi connectivity index (χ2n) is 7.69. The maximum absolute atomic E-state index is 13.6. The van der Waals surface area contributed by atoms with E-state index in [4.69, 9.17) is 4.74 Å². The highest BCUT2D eigenvalue weighted by molar-refractivity contribution is 7.87. The first-order valence-electron chi connectivity index (χ1n) is 10.0. The number of ether oxygens (including phenoxy) is 1. The number of benzene rings is 2. The minimum absolute atomic E-state index is 0.0344. The van der Waals surface area contributed by atoms with Crippen molar-refractivity contribution in [2.24, 2.45) is 0 Å². The third kappa shape index (κ3) is 4.27. The van der Waals surface area contributed by atoms with Crippen molar-refractivity contribution in [3.63, 3.8) is 0 Å². The molecule has 2 aliphatic heterocycles. The molecule has 164 valence electrons. The van der Waals surface area contributed by atoms with Gasteiger partial charge in [0.1, 0.15) is 22.2 Å². The molecule has 2 aliphatic rings. The monoisotopic (exact) mass is 445 g/mol. The van der Waals surface area contributed by atoms with Gasteiger partial charge in [0.05, 0.1) is 17.9 Å². The van der Waals surface area contributed by atoms with Gasteiger partial charge >= 0.3 is 6.03 Å². The number of amides is 3. The van der Waals surface area contributed by atoms with Gasteiger partial charge in [-0.3, -0.25) is 9.00 Å². The number of rotatable bonds is 4. The normalized spacial score (nSPS) is 20.2. The molecule has 2 aromatic carbocycles. The quantitative estimate of drug-likeness (QED) is 0.785. The highest BCUT2D eigenvalue weighted by Crippen LogP contribution is 2.38. The van der Waals surface area contributed by atoms with E-state index in [1.807, 2.05) is 0 Å². The van der Waals surface area contributed by atoms with Crippen molar-refractivity contribution in [1.82, 2.24) is 9.80 Å². The summed E-state index contributed by atoms with van der Waals surface area (Å²) < 4.78 is 31.6. The van der Waals surface area contributed by atoms with Crippen LogP contribution in [0.25, 0.3) is 0 Å². The zero-order valence-electron chi connectivity index (χ0n) is 17.2. The Morgan fingerprint density at radius 3 is 2.55 bits per heavy atom. The minimum atomic E-state index is -1.37. The van der Waals surface area contributed by atoms with Gasteiger partial charge in [-0.25, -0.2) is 9.18 Å². The van der Waals surface area contributed by atoms with E-state index < -0.39 is 15.7 Å². The van der Waals surface area contributed by atoms with Gasteiger partial charge in [-0.1, -0.05) is 12.1 Å². The molecule has 0 aliphatic carbocycles. The van der Waals surface area contributed by atoms with Crippen LogP contribution in [0.2, 0.25) is 0 Å². The van der Waals surface area contributed by atoms with E-state index in [-0.39, 0.29) is 30.1 Å². The molecule has 1 N–H and O–H groups in total. The van der Waals surface area contributed by atoms with E-state index >= 15 is 0 Å². The zero-order chi connectivity index (χ0) is 22.0. The van der Waals surface area contributed by atoms with Gasteiger partial charge in [0.15, 0.2) is 0 Å². The Morgan fingerprint density at radius 1 is 1.19 bits per heavy atom. The lowest BCUT2D eigenvalue weighted by Gasteiger charge is -2.43. The second kappa shape index (κ2) is 8.66. The summed E-state index contributed by atoms with van der Waals surface area (Å²) in [6, 6.07) is 12.9. The van der Waals surface area contributed by atoms with E-state index in [1.54, 1.807) is 53.3 Å². The molecule has 2 heterocycles. The summed E-state index contributed by atoms with van der Waals surface area (Å²) in [5.74, 6) is 0.0978. The van der Waals surface area contributed by atoms with Gasteiger partial charge < -0.3 is 19.9 Å². The minimum Gasteiger partial charge on any atom is -0.497 e. The number of urea groups is 1. The zero-order valence-corrected chi connectivity index (χ0v) is 18.0. The average Bonchev–Trinajstić information content (AvgIpc) is 2.98. The largest absolute Gasteiger partial charge is 0.497 e. The standard InChI is InChI=1S/C22H24FN3O4S/c1-30-19-7-5-18(6-8-19)24-21(28)25-11-9-22(10-12-25)26(20(27)15-31(22)29)14-16-3-2-4-17(23)13-16/h2-8,13H,9-12,14-15H2,1H3,(H,24,28). The molecule has 1 unspecified atom stereocenters. The molecular formula is C22H24FN3O4S. The summed E-state index contributed by atoms with van der Waals surface area (Å²) >= 11 is 0. The number of hydrogen-bond donors (Lipinski definition) is 1. The van der Waals surface area contributed by atoms with Crippen molar-refractivity contribution in [3.8, 4) is 5.75 Å². The van der Waals surface area contributed by atoms with Crippen LogP contribution in [0.4, 0.5) is 14.9 Å². The van der Waals surface area contributed by atoms with E-state index in [0.29, 0.717) is 42.9 Å². The van der Waals surface area contributed by atoms with Crippen LogP contribution >= 0.6 is 0 Å². The van der Waals surface area contributed by atoms with Crippen LogP contribution in [0.5, 0.6) is 5.75 Å². The van der Waals surface area contributed by atoms with E-state index in [0.717, 1.165) is 0 Å². The summed E-state index contributed by atoms with van der Waals surface area (Å²) in [6.07, 6.45) is 0.827. The summed E-state index contributed by atoms with van der Waals surface area (Å²) in [6.45, 7) is 0.960. The molecule has 1 spiro atoms. The number of halogens is 1. The second-order valence-corrected chi connectivity index (χ2v) is 9.43. The van der Waals surface area contributed by atoms with Crippen LogP contribution in [-0.4, -0.2) is 56.8 Å². The SMILES string of the molecule is COc1ccc(NC(=O)N2CCC3(CC2)N(Cc2cccc(F)c2)C(=O)CS3=O)cc1. The van der Waals surface area contributed by atoms with Crippen LogP contribution in [0, 0.1) is 5.82 Å². The Morgan fingerprint density at radius 2 is 1.90 bits per heavy atom. The third-order valence-corrected chi connectivity index (χ3v) is 7.86. The fourth-order valence-corrected chi connectivity index (χ4v) is 5.86. The number of anilines is 1. The van der Waals surface area contributed by atoms with Gasteiger partial charge in [0.2, 0.25) is 5.91 Å². The van der Waals surface area contributed by atoms with Crippen LogP contribution in [0.3, 0.4) is 0 Å². The predicted molar refractivity (Wildman–Crippen MR) is 116 cm³/mol. The molecule has 3 amide bonds. The first-order chi connectivity index (χ1) is 14.9. The van der Waals surface area contributed by atoms with Gasteiger partial charge in [-0.05, 0) is 42.0 Å². The van der Waals surface area contributed by atoms with Crippen molar-refractivity contribution in [2.45, 2.75) is 24.3 Å². The van der Waals surface area contributed by atoms with Crippen molar-refractivity contribution in [2.75, 3.05) is 31.3 Å². The molecule has 7 nitrogen and oxygen atoms in total. The lowest BCUT2D eigenvalue weighted by atomic mass is 10.0. The Kier molecular flexibility index (Phi) is 5.95. The molecular weight excluding hydrogens is 421 g/mol. The number of likely N-dealkylation sites (tertiary alicyclic amines) is 1. The first kappa shape index (κ1) is 21.3. The number of nitrogens with one attached hydrogen (secondary N) is 1. The van der Waals surface area contributed by atoms with E-state index in [9.17, 15) is 18.2 Å². The Hall–Kier alpha value is -2.94. The molecule has 0 radical (unpaired) electrons. The molecule has 2 fully saturated rings. The van der Waals surface area contributed by atoms with Crippen molar-refractivity contribution >= 4 is 28.4 Å². The molecule has 1 atom stereocenters. The summed E-state index contributed by atoms with van der Waals surface area (Å²) in [7, 11) is 0.209. The smallest absolute Gasteiger partial charge is 0.321 e. The average molecular weight is 446 g/mol. The van der Waals surface area contributed by atoms with Gasteiger partial charge in [-0.2, -0.15) is 0 Å². The molecule has 2 aromatic rings. The number of hydrogen-bond acceptors (Lipinski definition) is 4. The lowest BCUT2D eigenvalue weighted by molar-refractivity contribution is -0.131. The molecule has 4 rings (SSSR count). The molecule has 0 bridgehead atoms. The number of carbonyl (C=O) groups is 2. The highest BCUT2D eigenvalue weighted by Gasteiger charge is 2.53. The van der Waals surface area contributed by atoms with Crippen molar-refractivity contribution in [3.05, 3.63) is 59.9 Å². The summed E-state index contributed by atoms with van der Waals surface area (Å²) in [5.41, 5.74) is 1.31. The fourth-order valence-electron chi connectivity index (χ4n) is 4.16.